The summed E-state index contributed by atoms with van der Waals surface area (Å²) in [5.74, 6) is -0.512. The summed E-state index contributed by atoms with van der Waals surface area (Å²) in [6.45, 7) is 1.57. The van der Waals surface area contributed by atoms with Crippen LogP contribution >= 0.6 is 0 Å². The van der Waals surface area contributed by atoms with Crippen LogP contribution in [-0.4, -0.2) is 18.2 Å². The molecule has 0 aromatic carbocycles. The average molecular weight is 187 g/mol. The van der Waals surface area contributed by atoms with Crippen LogP contribution in [0.25, 0.3) is 0 Å². The van der Waals surface area contributed by atoms with Gasteiger partial charge in [-0.1, -0.05) is 13.3 Å². The Labute approximate surface area is 76.4 Å². The highest BCUT2D eigenvalue weighted by Crippen LogP contribution is 1.99. The molecule has 0 aliphatic rings. The SMILES string of the molecule is CCCCC(=O)CC(=O)CON=O. The van der Waals surface area contributed by atoms with Crippen LogP contribution in [-0.2, 0) is 14.4 Å². The molecule has 0 spiro atoms. The highest BCUT2D eigenvalue weighted by Gasteiger charge is 2.09. The van der Waals surface area contributed by atoms with Gasteiger partial charge in [-0.25, -0.2) is 0 Å². The molecule has 0 aliphatic heterocycles. The van der Waals surface area contributed by atoms with Crippen LogP contribution < -0.4 is 0 Å². The summed E-state index contributed by atoms with van der Waals surface area (Å²) >= 11 is 0. The number of hydrogen-bond donors (Lipinski definition) is 0. The Morgan fingerprint density at radius 1 is 1.31 bits per heavy atom. The maximum atomic E-state index is 11.0. The third-order valence-corrected chi connectivity index (χ3v) is 1.48. The number of carbonyl (C=O) groups is 2. The molecule has 74 valence electrons. The number of carbonyl (C=O) groups excluding carboxylic acids is 2. The van der Waals surface area contributed by atoms with Crippen molar-refractivity contribution >= 4 is 11.6 Å². The van der Waals surface area contributed by atoms with Gasteiger partial charge in [0.1, 0.15) is 5.78 Å². The largest absolute Gasteiger partial charge is 0.356 e. The molecule has 0 amide bonds. The quantitative estimate of drug-likeness (QED) is 0.327. The fraction of sp³-hybridized carbons (Fsp3) is 0.750. The molecular formula is C8H13NO4. The molecule has 0 fully saturated rings. The first-order chi connectivity index (χ1) is 6.20. The van der Waals surface area contributed by atoms with E-state index in [1.54, 1.807) is 0 Å². The lowest BCUT2D eigenvalue weighted by molar-refractivity contribution is -0.129. The van der Waals surface area contributed by atoms with Gasteiger partial charge in [0, 0.05) is 6.42 Å². The van der Waals surface area contributed by atoms with E-state index in [-0.39, 0.29) is 12.2 Å². The van der Waals surface area contributed by atoms with E-state index in [9.17, 15) is 14.5 Å². The van der Waals surface area contributed by atoms with E-state index in [0.29, 0.717) is 6.42 Å². The van der Waals surface area contributed by atoms with Gasteiger partial charge in [0.15, 0.2) is 17.7 Å². The predicted octanol–water partition coefficient (Wildman–Crippen LogP) is 1.40. The molecule has 0 saturated carbocycles. The Hall–Kier alpha value is -1.26. The van der Waals surface area contributed by atoms with Crippen molar-refractivity contribution in [2.24, 2.45) is 5.34 Å². The summed E-state index contributed by atoms with van der Waals surface area (Å²) in [5.41, 5.74) is 0. The number of Topliss-reactive ketones (excluding diaryl/α,β-unsaturated/α-hetero) is 2. The summed E-state index contributed by atoms with van der Waals surface area (Å²) in [5, 5.41) is 2.06. The standard InChI is InChI=1S/C8H13NO4/c1-2-3-4-7(10)5-8(11)6-13-9-12/h2-6H2,1H3. The van der Waals surface area contributed by atoms with Gasteiger partial charge in [0.05, 0.1) is 6.42 Å². The van der Waals surface area contributed by atoms with Gasteiger partial charge < -0.3 is 4.84 Å². The molecule has 5 heteroatoms. The molecule has 0 rings (SSSR count). The molecule has 0 bridgehead atoms. The number of ketones is 2. The topological polar surface area (TPSA) is 72.8 Å². The highest BCUT2D eigenvalue weighted by molar-refractivity contribution is 5.99. The minimum atomic E-state index is -0.402. The fourth-order valence-corrected chi connectivity index (χ4v) is 0.832. The number of nitrogens with zero attached hydrogens (tertiary/aromatic N) is 1. The third kappa shape index (κ3) is 7.11. The maximum Gasteiger partial charge on any atom is 0.180 e. The van der Waals surface area contributed by atoms with E-state index in [2.05, 4.69) is 10.2 Å². The van der Waals surface area contributed by atoms with Crippen molar-refractivity contribution in [3.8, 4) is 0 Å². The third-order valence-electron chi connectivity index (χ3n) is 1.48. The summed E-state index contributed by atoms with van der Waals surface area (Å²) in [7, 11) is 0. The average Bonchev–Trinajstić information content (AvgIpc) is 2.11. The molecule has 0 aromatic rings. The normalized spacial score (nSPS) is 9.31. The van der Waals surface area contributed by atoms with Crippen LogP contribution in [0.3, 0.4) is 0 Å². The van der Waals surface area contributed by atoms with Gasteiger partial charge in [-0.05, 0) is 6.42 Å². The van der Waals surface area contributed by atoms with Gasteiger partial charge in [0.2, 0.25) is 0 Å². The second kappa shape index (κ2) is 7.39. The second-order valence-corrected chi connectivity index (χ2v) is 2.71. The van der Waals surface area contributed by atoms with Crippen molar-refractivity contribution in [2.75, 3.05) is 6.61 Å². The van der Waals surface area contributed by atoms with Crippen LogP contribution in [0.2, 0.25) is 0 Å². The summed E-state index contributed by atoms with van der Waals surface area (Å²) in [4.78, 5) is 35.2. The van der Waals surface area contributed by atoms with E-state index >= 15 is 0 Å². The molecular weight excluding hydrogens is 174 g/mol. The molecule has 0 aliphatic carbocycles. The van der Waals surface area contributed by atoms with E-state index in [1.807, 2.05) is 6.92 Å². The Morgan fingerprint density at radius 3 is 2.54 bits per heavy atom. The highest BCUT2D eigenvalue weighted by atomic mass is 16.7. The zero-order valence-electron chi connectivity index (χ0n) is 7.62. The number of hydrogen-bond acceptors (Lipinski definition) is 5. The summed E-state index contributed by atoms with van der Waals surface area (Å²) < 4.78 is 0. The first-order valence-corrected chi connectivity index (χ1v) is 4.18. The van der Waals surface area contributed by atoms with E-state index < -0.39 is 12.4 Å². The van der Waals surface area contributed by atoms with Gasteiger partial charge in [-0.2, -0.15) is 0 Å². The van der Waals surface area contributed by atoms with Crippen LogP contribution in [0.15, 0.2) is 5.34 Å². The van der Waals surface area contributed by atoms with Crippen molar-refractivity contribution < 1.29 is 14.4 Å². The Morgan fingerprint density at radius 2 is 2.00 bits per heavy atom. The van der Waals surface area contributed by atoms with E-state index in [0.717, 1.165) is 12.8 Å². The van der Waals surface area contributed by atoms with E-state index in [4.69, 9.17) is 0 Å². The summed E-state index contributed by atoms with van der Waals surface area (Å²) in [6.07, 6.45) is 1.97. The first-order valence-electron chi connectivity index (χ1n) is 4.18. The fourth-order valence-electron chi connectivity index (χ4n) is 0.832. The monoisotopic (exact) mass is 187 g/mol. The first kappa shape index (κ1) is 11.7. The molecule has 0 N–H and O–H groups in total. The van der Waals surface area contributed by atoms with Crippen molar-refractivity contribution in [1.29, 1.82) is 0 Å². The zero-order chi connectivity index (χ0) is 10.1. The minimum absolute atomic E-state index is 0.110. The molecule has 0 aromatic heterocycles. The molecule has 0 atom stereocenters. The second-order valence-electron chi connectivity index (χ2n) is 2.71. The van der Waals surface area contributed by atoms with Crippen molar-refractivity contribution in [2.45, 2.75) is 32.6 Å². The molecule has 13 heavy (non-hydrogen) atoms. The van der Waals surface area contributed by atoms with Gasteiger partial charge >= 0.3 is 0 Å². The molecule has 0 radical (unpaired) electrons. The van der Waals surface area contributed by atoms with Crippen LogP contribution in [0.4, 0.5) is 0 Å². The van der Waals surface area contributed by atoms with Crippen molar-refractivity contribution in [3.63, 3.8) is 0 Å². The molecule has 5 nitrogen and oxygen atoms in total. The molecule has 0 unspecified atom stereocenters. The van der Waals surface area contributed by atoms with Crippen molar-refractivity contribution in [3.05, 3.63) is 4.91 Å². The Balaban J connectivity index is 3.53. The maximum absolute atomic E-state index is 11.0. The molecule has 0 saturated heterocycles. The van der Waals surface area contributed by atoms with Crippen molar-refractivity contribution in [1.82, 2.24) is 0 Å². The number of rotatable bonds is 8. The summed E-state index contributed by atoms with van der Waals surface area (Å²) in [6, 6.07) is 0. The molecule has 0 heterocycles. The Kier molecular flexibility index (Phi) is 6.68. The number of unbranched alkanes of at least 4 members (excludes halogenated alkanes) is 1. The smallest absolute Gasteiger partial charge is 0.180 e. The van der Waals surface area contributed by atoms with E-state index in [1.165, 1.54) is 0 Å². The van der Waals surface area contributed by atoms with Crippen LogP contribution in [0, 0.1) is 4.91 Å². The minimum Gasteiger partial charge on any atom is -0.356 e. The lowest BCUT2D eigenvalue weighted by Crippen LogP contribution is -2.12. The van der Waals surface area contributed by atoms with Crippen LogP contribution in [0.5, 0.6) is 0 Å². The lowest BCUT2D eigenvalue weighted by atomic mass is 10.1. The van der Waals surface area contributed by atoms with Gasteiger partial charge in [-0.15, -0.1) is 4.91 Å². The van der Waals surface area contributed by atoms with Crippen LogP contribution in [0.1, 0.15) is 32.6 Å². The zero-order valence-corrected chi connectivity index (χ0v) is 7.62. The Bertz CT molecular complexity index is 191. The predicted molar refractivity (Wildman–Crippen MR) is 45.9 cm³/mol. The van der Waals surface area contributed by atoms with Gasteiger partial charge in [-0.3, -0.25) is 9.59 Å². The lowest BCUT2D eigenvalue weighted by Gasteiger charge is -1.97. The van der Waals surface area contributed by atoms with Gasteiger partial charge in [0.25, 0.3) is 0 Å².